The monoisotopic (exact) mass is 373 g/mol. The van der Waals surface area contributed by atoms with Crippen LogP contribution in [0.2, 0.25) is 0 Å². The summed E-state index contributed by atoms with van der Waals surface area (Å²) in [5.74, 6) is 0.385. The predicted molar refractivity (Wildman–Crippen MR) is 104 cm³/mol. The molecule has 0 bridgehead atoms. The molecule has 2 amide bonds. The zero-order valence-corrected chi connectivity index (χ0v) is 16.4. The van der Waals surface area contributed by atoms with Gasteiger partial charge in [0.2, 0.25) is 5.91 Å². The van der Waals surface area contributed by atoms with Crippen molar-refractivity contribution in [1.29, 1.82) is 0 Å². The van der Waals surface area contributed by atoms with E-state index in [1.807, 2.05) is 35.2 Å². The van der Waals surface area contributed by atoms with E-state index in [4.69, 9.17) is 4.74 Å². The summed E-state index contributed by atoms with van der Waals surface area (Å²) in [6.45, 7) is 8.16. The lowest BCUT2D eigenvalue weighted by atomic mass is 10.00. The van der Waals surface area contributed by atoms with Crippen molar-refractivity contribution in [3.8, 4) is 0 Å². The van der Waals surface area contributed by atoms with E-state index in [2.05, 4.69) is 24.1 Å². The molecular formula is C21H31N3O3. The van der Waals surface area contributed by atoms with Gasteiger partial charge in [-0.05, 0) is 24.3 Å². The van der Waals surface area contributed by atoms with Crippen LogP contribution in [0.5, 0.6) is 0 Å². The number of piperazine rings is 1. The van der Waals surface area contributed by atoms with Crippen LogP contribution in [0.4, 0.5) is 0 Å². The first kappa shape index (κ1) is 19.8. The molecule has 27 heavy (non-hydrogen) atoms. The molecule has 0 radical (unpaired) electrons. The number of hydrogen-bond donors (Lipinski definition) is 1. The SMILES string of the molecule is CC(C)C(C(=O)NCc1ccccc1)N1CCN(C(=O)C2CCCO2)CC1. The second kappa shape index (κ2) is 9.33. The fraction of sp³-hybridized carbons (Fsp3) is 0.619. The van der Waals surface area contributed by atoms with E-state index >= 15 is 0 Å². The second-order valence-corrected chi connectivity index (χ2v) is 7.76. The summed E-state index contributed by atoms with van der Waals surface area (Å²) >= 11 is 0. The van der Waals surface area contributed by atoms with Gasteiger partial charge >= 0.3 is 0 Å². The minimum Gasteiger partial charge on any atom is -0.368 e. The van der Waals surface area contributed by atoms with E-state index in [1.165, 1.54) is 0 Å². The summed E-state index contributed by atoms with van der Waals surface area (Å²) < 4.78 is 5.52. The third-order valence-electron chi connectivity index (χ3n) is 5.43. The number of rotatable bonds is 6. The molecule has 0 aromatic heterocycles. The second-order valence-electron chi connectivity index (χ2n) is 7.76. The van der Waals surface area contributed by atoms with Gasteiger partial charge < -0.3 is 15.0 Å². The number of ether oxygens (including phenoxy) is 1. The Morgan fingerprint density at radius 1 is 1.15 bits per heavy atom. The first-order chi connectivity index (χ1) is 13.1. The lowest BCUT2D eigenvalue weighted by molar-refractivity contribution is -0.143. The summed E-state index contributed by atoms with van der Waals surface area (Å²) in [6.07, 6.45) is 1.54. The quantitative estimate of drug-likeness (QED) is 0.824. The minimum atomic E-state index is -0.258. The predicted octanol–water partition coefficient (Wildman–Crippen LogP) is 1.65. The van der Waals surface area contributed by atoms with Crippen LogP contribution in [0.15, 0.2) is 30.3 Å². The molecule has 0 saturated carbocycles. The lowest BCUT2D eigenvalue weighted by Gasteiger charge is -2.40. The van der Waals surface area contributed by atoms with E-state index in [1.54, 1.807) is 0 Å². The van der Waals surface area contributed by atoms with Gasteiger partial charge in [0.1, 0.15) is 6.10 Å². The Morgan fingerprint density at radius 2 is 1.85 bits per heavy atom. The van der Waals surface area contributed by atoms with E-state index in [9.17, 15) is 9.59 Å². The average Bonchev–Trinajstić information content (AvgIpc) is 3.22. The Balaban J connectivity index is 1.53. The molecule has 1 N–H and O–H groups in total. The Hall–Kier alpha value is -1.92. The molecule has 0 aliphatic carbocycles. The van der Waals surface area contributed by atoms with Gasteiger partial charge in [0.05, 0.1) is 6.04 Å². The van der Waals surface area contributed by atoms with Crippen molar-refractivity contribution in [1.82, 2.24) is 15.1 Å². The fourth-order valence-corrected chi connectivity index (χ4v) is 3.98. The number of nitrogens with zero attached hydrogens (tertiary/aromatic N) is 2. The number of amides is 2. The molecule has 2 aliphatic heterocycles. The minimum absolute atomic E-state index is 0.0627. The molecule has 3 rings (SSSR count). The van der Waals surface area contributed by atoms with Crippen LogP contribution in [0.3, 0.4) is 0 Å². The summed E-state index contributed by atoms with van der Waals surface area (Å²) in [7, 11) is 0. The molecule has 6 heteroatoms. The van der Waals surface area contributed by atoms with Crippen molar-refractivity contribution in [2.45, 2.75) is 45.4 Å². The molecular weight excluding hydrogens is 342 g/mol. The number of carbonyl (C=O) groups excluding carboxylic acids is 2. The van der Waals surface area contributed by atoms with Crippen molar-refractivity contribution in [3.63, 3.8) is 0 Å². The molecule has 0 spiro atoms. The zero-order chi connectivity index (χ0) is 19.2. The standard InChI is InChI=1S/C21H31N3O3/c1-16(2)19(20(25)22-15-17-7-4-3-5-8-17)23-10-12-24(13-11-23)21(26)18-9-6-14-27-18/h3-5,7-8,16,18-19H,6,9-15H2,1-2H3,(H,22,25). The maximum Gasteiger partial charge on any atom is 0.251 e. The van der Waals surface area contributed by atoms with Crippen molar-refractivity contribution in [2.75, 3.05) is 32.8 Å². The molecule has 2 aliphatic rings. The number of benzene rings is 1. The topological polar surface area (TPSA) is 61.9 Å². The van der Waals surface area contributed by atoms with Crippen LogP contribution in [0, 0.1) is 5.92 Å². The summed E-state index contributed by atoms with van der Waals surface area (Å²) in [4.78, 5) is 29.4. The summed E-state index contributed by atoms with van der Waals surface area (Å²) in [6, 6.07) is 9.78. The molecule has 2 heterocycles. The Kier molecular flexibility index (Phi) is 6.85. The van der Waals surface area contributed by atoms with E-state index in [0.717, 1.165) is 31.5 Å². The van der Waals surface area contributed by atoms with E-state index < -0.39 is 0 Å². The molecule has 2 saturated heterocycles. The number of hydrogen-bond acceptors (Lipinski definition) is 4. The Morgan fingerprint density at radius 3 is 2.44 bits per heavy atom. The van der Waals surface area contributed by atoms with Gasteiger partial charge in [0.25, 0.3) is 5.91 Å². The smallest absolute Gasteiger partial charge is 0.251 e. The zero-order valence-electron chi connectivity index (χ0n) is 16.4. The molecule has 2 atom stereocenters. The maximum atomic E-state index is 12.8. The molecule has 1 aromatic rings. The summed E-state index contributed by atoms with van der Waals surface area (Å²) in [5.41, 5.74) is 1.10. The highest BCUT2D eigenvalue weighted by Gasteiger charge is 2.34. The van der Waals surface area contributed by atoms with Crippen LogP contribution in [-0.2, 0) is 20.9 Å². The first-order valence-corrected chi connectivity index (χ1v) is 10.0. The van der Waals surface area contributed by atoms with Crippen molar-refractivity contribution >= 4 is 11.8 Å². The normalized spacial score (nSPS) is 22.0. The molecule has 2 fully saturated rings. The van der Waals surface area contributed by atoms with Gasteiger partial charge in [-0.3, -0.25) is 14.5 Å². The average molecular weight is 373 g/mol. The third-order valence-corrected chi connectivity index (χ3v) is 5.43. The van der Waals surface area contributed by atoms with Crippen LogP contribution in [0.25, 0.3) is 0 Å². The molecule has 148 valence electrons. The highest BCUT2D eigenvalue weighted by atomic mass is 16.5. The highest BCUT2D eigenvalue weighted by molar-refractivity contribution is 5.82. The van der Waals surface area contributed by atoms with E-state index in [-0.39, 0.29) is 29.9 Å². The molecule has 6 nitrogen and oxygen atoms in total. The maximum absolute atomic E-state index is 12.8. The van der Waals surface area contributed by atoms with Crippen molar-refractivity contribution in [3.05, 3.63) is 35.9 Å². The van der Waals surface area contributed by atoms with Gasteiger partial charge in [0.15, 0.2) is 0 Å². The number of carbonyl (C=O) groups is 2. The molecule has 2 unspecified atom stereocenters. The van der Waals surface area contributed by atoms with Gasteiger partial charge in [0, 0.05) is 39.3 Å². The fourth-order valence-electron chi connectivity index (χ4n) is 3.98. The van der Waals surface area contributed by atoms with Crippen LogP contribution in [0.1, 0.15) is 32.3 Å². The van der Waals surface area contributed by atoms with Gasteiger partial charge in [-0.25, -0.2) is 0 Å². The van der Waals surface area contributed by atoms with Crippen molar-refractivity contribution < 1.29 is 14.3 Å². The largest absolute Gasteiger partial charge is 0.368 e. The Bertz CT molecular complexity index is 621. The van der Waals surface area contributed by atoms with Crippen LogP contribution in [-0.4, -0.2) is 66.5 Å². The first-order valence-electron chi connectivity index (χ1n) is 10.0. The number of nitrogens with one attached hydrogen (secondary N) is 1. The lowest BCUT2D eigenvalue weighted by Crippen LogP contribution is -2.58. The van der Waals surface area contributed by atoms with Crippen molar-refractivity contribution in [2.24, 2.45) is 5.92 Å². The molecule has 1 aromatic carbocycles. The van der Waals surface area contributed by atoms with Crippen LogP contribution >= 0.6 is 0 Å². The van der Waals surface area contributed by atoms with Gasteiger partial charge in [-0.2, -0.15) is 0 Å². The third kappa shape index (κ3) is 5.08. The van der Waals surface area contributed by atoms with Gasteiger partial charge in [-0.15, -0.1) is 0 Å². The highest BCUT2D eigenvalue weighted by Crippen LogP contribution is 2.18. The van der Waals surface area contributed by atoms with Crippen LogP contribution < -0.4 is 5.32 Å². The van der Waals surface area contributed by atoms with Gasteiger partial charge in [-0.1, -0.05) is 44.2 Å². The van der Waals surface area contributed by atoms with E-state index in [0.29, 0.717) is 26.2 Å². The Labute approximate surface area is 161 Å². The summed E-state index contributed by atoms with van der Waals surface area (Å²) in [5, 5.41) is 3.08.